The van der Waals surface area contributed by atoms with Crippen LogP contribution in [-0.4, -0.2) is 0 Å². The molecule has 1 atom stereocenters. The molecule has 1 nitrogen and oxygen atoms in total. The predicted octanol–water partition coefficient (Wildman–Crippen LogP) is 5.19. The molecule has 0 bridgehead atoms. The van der Waals surface area contributed by atoms with Crippen LogP contribution in [0.3, 0.4) is 0 Å². The van der Waals surface area contributed by atoms with Gasteiger partial charge in [0.15, 0.2) is 0 Å². The van der Waals surface area contributed by atoms with Crippen LogP contribution in [0.2, 0.25) is 5.02 Å². The molecule has 0 radical (unpaired) electrons. The number of hydrogen-bond donors (Lipinski definition) is 1. The summed E-state index contributed by atoms with van der Waals surface area (Å²) in [6, 6.07) is 6.06. The second-order valence-electron chi connectivity index (χ2n) is 3.93. The van der Waals surface area contributed by atoms with E-state index in [1.807, 2.05) is 0 Å². The summed E-state index contributed by atoms with van der Waals surface area (Å²) in [4.78, 5) is 0. The molecule has 1 unspecified atom stereocenters. The third-order valence-electron chi connectivity index (χ3n) is 2.67. The van der Waals surface area contributed by atoms with Gasteiger partial charge in [0.25, 0.3) is 0 Å². The van der Waals surface area contributed by atoms with Crippen molar-refractivity contribution in [3.05, 3.63) is 67.1 Å². The first kappa shape index (κ1) is 14.9. The number of benzene rings is 2. The van der Waals surface area contributed by atoms with Gasteiger partial charge in [-0.05, 0) is 45.8 Å². The molecular formula is C13H8Br2ClF2N. The lowest BCUT2D eigenvalue weighted by Gasteiger charge is -2.16. The quantitative estimate of drug-likeness (QED) is 0.676. The van der Waals surface area contributed by atoms with Gasteiger partial charge in [-0.15, -0.1) is 0 Å². The largest absolute Gasteiger partial charge is 0.320 e. The Kier molecular flexibility index (Phi) is 4.61. The Morgan fingerprint density at radius 2 is 1.68 bits per heavy atom. The summed E-state index contributed by atoms with van der Waals surface area (Å²) >= 11 is 12.3. The molecule has 0 aliphatic carbocycles. The van der Waals surface area contributed by atoms with E-state index in [4.69, 9.17) is 17.3 Å². The van der Waals surface area contributed by atoms with Gasteiger partial charge in [-0.25, -0.2) is 8.78 Å². The van der Waals surface area contributed by atoms with Crippen LogP contribution in [-0.2, 0) is 0 Å². The zero-order valence-electron chi connectivity index (χ0n) is 9.43. The third kappa shape index (κ3) is 3.16. The van der Waals surface area contributed by atoms with Crippen molar-refractivity contribution in [3.63, 3.8) is 0 Å². The zero-order valence-corrected chi connectivity index (χ0v) is 13.4. The van der Waals surface area contributed by atoms with E-state index < -0.39 is 17.7 Å². The van der Waals surface area contributed by atoms with Crippen molar-refractivity contribution >= 4 is 43.5 Å². The van der Waals surface area contributed by atoms with Gasteiger partial charge < -0.3 is 5.73 Å². The van der Waals surface area contributed by atoms with Gasteiger partial charge in [0.05, 0.1) is 11.1 Å². The van der Waals surface area contributed by atoms with Crippen LogP contribution < -0.4 is 5.73 Å². The molecule has 2 rings (SSSR count). The van der Waals surface area contributed by atoms with E-state index in [2.05, 4.69) is 31.9 Å². The summed E-state index contributed by atoms with van der Waals surface area (Å²) < 4.78 is 27.9. The first-order chi connectivity index (χ1) is 8.90. The minimum Gasteiger partial charge on any atom is -0.320 e. The SMILES string of the molecule is NC(c1cc(Cl)c(Br)cc1F)c1ccc(F)cc1Br. The number of nitrogens with two attached hydrogens (primary N) is 1. The van der Waals surface area contributed by atoms with E-state index in [0.29, 0.717) is 19.5 Å². The van der Waals surface area contributed by atoms with Gasteiger partial charge in [0.1, 0.15) is 11.6 Å². The molecule has 100 valence electrons. The summed E-state index contributed by atoms with van der Waals surface area (Å²) in [5.74, 6) is -0.864. The molecule has 0 saturated heterocycles. The Morgan fingerprint density at radius 3 is 2.32 bits per heavy atom. The van der Waals surface area contributed by atoms with Crippen LogP contribution in [0.1, 0.15) is 17.2 Å². The zero-order chi connectivity index (χ0) is 14.2. The minimum absolute atomic E-state index is 0.250. The standard InChI is InChI=1S/C13H8Br2ClF2N/c14-9-3-6(17)1-2-7(9)13(19)8-4-11(16)10(15)5-12(8)18/h1-5,13H,19H2. The van der Waals surface area contributed by atoms with Crippen molar-refractivity contribution in [2.45, 2.75) is 6.04 Å². The van der Waals surface area contributed by atoms with Gasteiger partial charge in [0.2, 0.25) is 0 Å². The predicted molar refractivity (Wildman–Crippen MR) is 79.2 cm³/mol. The van der Waals surface area contributed by atoms with E-state index in [9.17, 15) is 8.78 Å². The van der Waals surface area contributed by atoms with Crippen molar-refractivity contribution in [1.82, 2.24) is 0 Å². The Labute approximate surface area is 131 Å². The fourth-order valence-corrected chi connectivity index (χ4v) is 2.78. The number of rotatable bonds is 2. The van der Waals surface area contributed by atoms with E-state index in [1.165, 1.54) is 30.3 Å². The lowest BCUT2D eigenvalue weighted by molar-refractivity contribution is 0.597. The monoisotopic (exact) mass is 409 g/mol. The highest BCUT2D eigenvalue weighted by molar-refractivity contribution is 9.10. The number of hydrogen-bond acceptors (Lipinski definition) is 1. The molecule has 2 aromatic carbocycles. The molecule has 0 heterocycles. The molecule has 2 N–H and O–H groups in total. The molecule has 19 heavy (non-hydrogen) atoms. The molecule has 0 saturated carbocycles. The maximum Gasteiger partial charge on any atom is 0.129 e. The Hall–Kier alpha value is -0.490. The molecule has 6 heteroatoms. The highest BCUT2D eigenvalue weighted by atomic mass is 79.9. The molecule has 0 spiro atoms. The normalized spacial score (nSPS) is 12.5. The summed E-state index contributed by atoms with van der Waals surface area (Å²) in [5, 5.41) is 0.366. The van der Waals surface area contributed by atoms with Gasteiger partial charge in [-0.3, -0.25) is 0 Å². The van der Waals surface area contributed by atoms with Crippen LogP contribution in [0.5, 0.6) is 0 Å². The molecule has 0 fully saturated rings. The fourth-order valence-electron chi connectivity index (χ4n) is 1.70. The van der Waals surface area contributed by atoms with E-state index in [0.717, 1.165) is 0 Å². The lowest BCUT2D eigenvalue weighted by Crippen LogP contribution is -2.14. The molecule has 2 aromatic rings. The highest BCUT2D eigenvalue weighted by Crippen LogP contribution is 2.33. The first-order valence-electron chi connectivity index (χ1n) is 5.25. The average Bonchev–Trinajstić information content (AvgIpc) is 2.33. The van der Waals surface area contributed by atoms with E-state index >= 15 is 0 Å². The third-order valence-corrected chi connectivity index (χ3v) is 4.56. The molecule has 0 amide bonds. The summed E-state index contributed by atoms with van der Waals surface area (Å²) in [6.07, 6.45) is 0. The molecule has 0 aromatic heterocycles. The van der Waals surface area contributed by atoms with Crippen LogP contribution in [0.15, 0.2) is 39.3 Å². The van der Waals surface area contributed by atoms with Crippen LogP contribution in [0.4, 0.5) is 8.78 Å². The topological polar surface area (TPSA) is 26.0 Å². The maximum atomic E-state index is 13.9. The number of halogens is 5. The summed E-state index contributed by atoms with van der Waals surface area (Å²) in [6.45, 7) is 0. The lowest BCUT2D eigenvalue weighted by atomic mass is 9.99. The van der Waals surface area contributed by atoms with Crippen molar-refractivity contribution in [2.75, 3.05) is 0 Å². The van der Waals surface area contributed by atoms with Crippen molar-refractivity contribution < 1.29 is 8.78 Å². The molecule has 0 aliphatic heterocycles. The van der Waals surface area contributed by atoms with Gasteiger partial charge in [-0.2, -0.15) is 0 Å². The van der Waals surface area contributed by atoms with Crippen LogP contribution in [0.25, 0.3) is 0 Å². The van der Waals surface area contributed by atoms with Crippen molar-refractivity contribution in [2.24, 2.45) is 5.73 Å². The fraction of sp³-hybridized carbons (Fsp3) is 0.0769. The Bertz CT molecular complexity index is 634. The Balaban J connectivity index is 2.49. The van der Waals surface area contributed by atoms with E-state index in [-0.39, 0.29) is 5.56 Å². The van der Waals surface area contributed by atoms with Crippen LogP contribution in [0, 0.1) is 11.6 Å². The van der Waals surface area contributed by atoms with Gasteiger partial charge in [0, 0.05) is 14.5 Å². The highest BCUT2D eigenvalue weighted by Gasteiger charge is 2.18. The van der Waals surface area contributed by atoms with Crippen molar-refractivity contribution in [1.29, 1.82) is 0 Å². The van der Waals surface area contributed by atoms with Gasteiger partial charge in [-0.1, -0.05) is 33.6 Å². The maximum absolute atomic E-state index is 13.9. The smallest absolute Gasteiger partial charge is 0.129 e. The van der Waals surface area contributed by atoms with Crippen LogP contribution >= 0.6 is 43.5 Å². The van der Waals surface area contributed by atoms with E-state index in [1.54, 1.807) is 0 Å². The first-order valence-corrected chi connectivity index (χ1v) is 7.21. The second-order valence-corrected chi connectivity index (χ2v) is 6.05. The minimum atomic E-state index is -0.736. The van der Waals surface area contributed by atoms with Gasteiger partial charge >= 0.3 is 0 Å². The molecular weight excluding hydrogens is 403 g/mol. The average molecular weight is 411 g/mol. The summed E-state index contributed by atoms with van der Waals surface area (Å²) in [7, 11) is 0. The second kappa shape index (κ2) is 5.87. The van der Waals surface area contributed by atoms with Crippen molar-refractivity contribution in [3.8, 4) is 0 Å². The summed E-state index contributed by atoms with van der Waals surface area (Å²) in [5.41, 5.74) is 6.85. The Morgan fingerprint density at radius 1 is 1.00 bits per heavy atom. The molecule has 0 aliphatic rings.